The Morgan fingerprint density at radius 2 is 2.19 bits per heavy atom. The van der Waals surface area contributed by atoms with Gasteiger partial charge in [0.1, 0.15) is 11.4 Å². The van der Waals surface area contributed by atoms with E-state index in [4.69, 9.17) is 22.1 Å². The fraction of sp³-hybridized carbons (Fsp3) is 0.118. The van der Waals surface area contributed by atoms with Crippen molar-refractivity contribution in [3.05, 3.63) is 52.1 Å². The number of aromatic amines is 1. The highest BCUT2D eigenvalue weighted by Gasteiger charge is 2.11. The van der Waals surface area contributed by atoms with Crippen molar-refractivity contribution in [3.8, 4) is 17.0 Å². The maximum Gasteiger partial charge on any atom is 0.265 e. The maximum atomic E-state index is 12.0. The van der Waals surface area contributed by atoms with Gasteiger partial charge in [-0.1, -0.05) is 11.6 Å². The Hall–Kier alpha value is -2.84. The number of rotatable bonds is 6. The molecule has 2 amide bonds. The van der Waals surface area contributed by atoms with Crippen molar-refractivity contribution in [2.45, 2.75) is 6.92 Å². The van der Waals surface area contributed by atoms with Crippen molar-refractivity contribution >= 4 is 39.9 Å². The number of nitrogens with one attached hydrogen (secondary N) is 2. The van der Waals surface area contributed by atoms with E-state index in [1.807, 2.05) is 6.92 Å². The lowest BCUT2D eigenvalue weighted by molar-refractivity contribution is -0.118. The Bertz CT molecular complexity index is 967. The summed E-state index contributed by atoms with van der Waals surface area (Å²) in [7, 11) is 0. The van der Waals surface area contributed by atoms with Crippen LogP contribution in [0.5, 0.6) is 5.75 Å². The van der Waals surface area contributed by atoms with E-state index >= 15 is 0 Å². The van der Waals surface area contributed by atoms with Crippen LogP contribution in [0.15, 0.2) is 35.8 Å². The van der Waals surface area contributed by atoms with E-state index in [0.29, 0.717) is 32.9 Å². The predicted molar refractivity (Wildman–Crippen MR) is 101 cm³/mol. The minimum atomic E-state index is -0.547. The average Bonchev–Trinajstić information content (AvgIpc) is 3.25. The minimum Gasteiger partial charge on any atom is -0.484 e. The predicted octanol–water partition coefficient (Wildman–Crippen LogP) is 3.22. The fourth-order valence-electron chi connectivity index (χ4n) is 2.16. The summed E-state index contributed by atoms with van der Waals surface area (Å²) in [4.78, 5) is 30.2. The molecule has 0 spiro atoms. The van der Waals surface area contributed by atoms with Crippen molar-refractivity contribution < 1.29 is 14.3 Å². The van der Waals surface area contributed by atoms with Gasteiger partial charge in [0.15, 0.2) is 11.7 Å². The van der Waals surface area contributed by atoms with Gasteiger partial charge in [0, 0.05) is 22.2 Å². The van der Waals surface area contributed by atoms with Crippen molar-refractivity contribution in [2.24, 2.45) is 5.73 Å². The number of anilines is 1. The number of thiazole rings is 1. The Morgan fingerprint density at radius 1 is 1.38 bits per heavy atom. The number of benzene rings is 1. The summed E-state index contributed by atoms with van der Waals surface area (Å²) in [6.45, 7) is 1.71. The summed E-state index contributed by atoms with van der Waals surface area (Å²) < 4.78 is 5.45. The highest BCUT2D eigenvalue weighted by molar-refractivity contribution is 7.14. The summed E-state index contributed by atoms with van der Waals surface area (Å²) in [6, 6.07) is 6.79. The first-order valence-electron chi connectivity index (χ1n) is 7.55. The maximum absolute atomic E-state index is 12.0. The molecule has 0 unspecified atom stereocenters. The molecule has 4 N–H and O–H groups in total. The average molecular weight is 391 g/mol. The molecule has 3 rings (SSSR count). The monoisotopic (exact) mass is 390 g/mol. The smallest absolute Gasteiger partial charge is 0.265 e. The van der Waals surface area contributed by atoms with Crippen LogP contribution < -0.4 is 15.8 Å². The molecule has 9 heteroatoms. The molecule has 0 aliphatic heterocycles. The van der Waals surface area contributed by atoms with E-state index in [1.165, 1.54) is 11.3 Å². The normalized spacial score (nSPS) is 10.5. The third-order valence-corrected chi connectivity index (χ3v) is 4.68. The number of carbonyl (C=O) groups excluding carboxylic acids is 2. The van der Waals surface area contributed by atoms with E-state index < -0.39 is 5.91 Å². The molecule has 0 saturated heterocycles. The minimum absolute atomic E-state index is 0.147. The molecular formula is C17H15ClN4O3S. The van der Waals surface area contributed by atoms with Crippen LogP contribution in [-0.2, 0) is 4.79 Å². The topological polar surface area (TPSA) is 110 Å². The van der Waals surface area contributed by atoms with Gasteiger partial charge in [0.2, 0.25) is 0 Å². The van der Waals surface area contributed by atoms with E-state index in [-0.39, 0.29) is 12.5 Å². The van der Waals surface area contributed by atoms with Crippen LogP contribution in [0.4, 0.5) is 5.13 Å². The molecule has 0 fully saturated rings. The summed E-state index contributed by atoms with van der Waals surface area (Å²) in [5, 5.41) is 5.52. The molecule has 3 aromatic rings. The standard InChI is InChI=1S/C17H15ClN4O3S/c1-9-4-11(2-3-12(9)18)25-7-15(23)22-17-21-14(8-26-17)10-5-13(16(19)24)20-6-10/h2-6,8,20H,7H2,1H3,(H2,19,24)(H,21,22,23). The lowest BCUT2D eigenvalue weighted by atomic mass is 10.2. The van der Waals surface area contributed by atoms with Crippen LogP contribution in [0, 0.1) is 6.92 Å². The molecule has 2 aromatic heterocycles. The molecule has 2 heterocycles. The number of amides is 2. The number of hydrogen-bond acceptors (Lipinski definition) is 5. The number of primary amides is 1. The molecule has 7 nitrogen and oxygen atoms in total. The van der Waals surface area contributed by atoms with Crippen LogP contribution in [0.25, 0.3) is 11.3 Å². The molecule has 0 aliphatic rings. The van der Waals surface area contributed by atoms with Crippen LogP contribution in [0.2, 0.25) is 5.02 Å². The van der Waals surface area contributed by atoms with E-state index in [2.05, 4.69) is 15.3 Å². The van der Waals surface area contributed by atoms with Gasteiger partial charge < -0.3 is 15.5 Å². The number of carbonyl (C=O) groups is 2. The summed E-state index contributed by atoms with van der Waals surface area (Å²) in [5.74, 6) is -0.312. The van der Waals surface area contributed by atoms with Crippen LogP contribution in [0.1, 0.15) is 16.1 Å². The van der Waals surface area contributed by atoms with E-state index in [0.717, 1.165) is 5.56 Å². The van der Waals surface area contributed by atoms with E-state index in [1.54, 1.807) is 35.8 Å². The molecular weight excluding hydrogens is 376 g/mol. The molecule has 26 heavy (non-hydrogen) atoms. The van der Waals surface area contributed by atoms with Gasteiger partial charge in [0.25, 0.3) is 11.8 Å². The lowest BCUT2D eigenvalue weighted by Crippen LogP contribution is -2.20. The molecule has 0 radical (unpaired) electrons. The molecule has 0 saturated carbocycles. The molecule has 0 aliphatic carbocycles. The highest BCUT2D eigenvalue weighted by atomic mass is 35.5. The zero-order chi connectivity index (χ0) is 18.7. The van der Waals surface area contributed by atoms with Gasteiger partial charge in [-0.3, -0.25) is 14.9 Å². The molecule has 0 bridgehead atoms. The van der Waals surface area contributed by atoms with Gasteiger partial charge in [-0.2, -0.15) is 0 Å². The van der Waals surface area contributed by atoms with Gasteiger partial charge >= 0.3 is 0 Å². The number of aromatic nitrogens is 2. The van der Waals surface area contributed by atoms with Crippen molar-refractivity contribution in [3.63, 3.8) is 0 Å². The molecule has 1 aromatic carbocycles. The van der Waals surface area contributed by atoms with Crippen molar-refractivity contribution in [1.82, 2.24) is 9.97 Å². The van der Waals surface area contributed by atoms with Crippen LogP contribution in [-0.4, -0.2) is 28.4 Å². The SMILES string of the molecule is Cc1cc(OCC(=O)Nc2nc(-c3c[nH]c(C(N)=O)c3)cs2)ccc1Cl. The second kappa shape index (κ2) is 7.59. The fourth-order valence-corrected chi connectivity index (χ4v) is 3.01. The second-order valence-electron chi connectivity index (χ2n) is 5.45. The Morgan fingerprint density at radius 3 is 2.88 bits per heavy atom. The first-order valence-corrected chi connectivity index (χ1v) is 8.81. The summed E-state index contributed by atoms with van der Waals surface area (Å²) >= 11 is 7.22. The first kappa shape index (κ1) is 18.0. The van der Waals surface area contributed by atoms with Crippen molar-refractivity contribution in [1.29, 1.82) is 0 Å². The summed E-state index contributed by atoms with van der Waals surface area (Å²) in [5.41, 5.74) is 7.72. The van der Waals surface area contributed by atoms with Crippen LogP contribution in [0.3, 0.4) is 0 Å². The highest BCUT2D eigenvalue weighted by Crippen LogP contribution is 2.25. The Kier molecular flexibility index (Phi) is 5.24. The van der Waals surface area contributed by atoms with Gasteiger partial charge in [-0.15, -0.1) is 11.3 Å². The van der Waals surface area contributed by atoms with Crippen molar-refractivity contribution in [2.75, 3.05) is 11.9 Å². The number of aryl methyl sites for hydroxylation is 1. The second-order valence-corrected chi connectivity index (χ2v) is 6.72. The van der Waals surface area contributed by atoms with Gasteiger partial charge in [0.05, 0.1) is 5.69 Å². The lowest BCUT2D eigenvalue weighted by Gasteiger charge is -2.07. The number of ether oxygens (including phenoxy) is 1. The van der Waals surface area contributed by atoms with E-state index in [9.17, 15) is 9.59 Å². The van der Waals surface area contributed by atoms with Crippen LogP contribution >= 0.6 is 22.9 Å². The number of nitrogens with zero attached hydrogens (tertiary/aromatic N) is 1. The quantitative estimate of drug-likeness (QED) is 0.600. The third-order valence-electron chi connectivity index (χ3n) is 3.49. The zero-order valence-electron chi connectivity index (χ0n) is 13.7. The van der Waals surface area contributed by atoms with Gasteiger partial charge in [-0.25, -0.2) is 4.98 Å². The third kappa shape index (κ3) is 4.22. The number of hydrogen-bond donors (Lipinski definition) is 3. The molecule has 134 valence electrons. The summed E-state index contributed by atoms with van der Waals surface area (Å²) in [6.07, 6.45) is 1.63. The Balaban J connectivity index is 1.58. The number of nitrogens with two attached hydrogens (primary N) is 1. The Labute approximate surface area is 158 Å². The molecule has 0 atom stereocenters. The largest absolute Gasteiger partial charge is 0.484 e. The zero-order valence-corrected chi connectivity index (χ0v) is 15.3. The number of H-pyrrole nitrogens is 1. The number of halogens is 1. The van der Waals surface area contributed by atoms with Gasteiger partial charge in [-0.05, 0) is 36.8 Å². The first-order chi connectivity index (χ1) is 12.4.